The van der Waals surface area contributed by atoms with Gasteiger partial charge in [-0.2, -0.15) is 0 Å². The highest BCUT2D eigenvalue weighted by atomic mass is 32.1. The minimum Gasteiger partial charge on any atom is -0.382 e. The summed E-state index contributed by atoms with van der Waals surface area (Å²) in [5.74, 6) is 0. The van der Waals surface area contributed by atoms with Gasteiger partial charge in [0.15, 0.2) is 5.11 Å². The summed E-state index contributed by atoms with van der Waals surface area (Å²) in [6.07, 6.45) is 4.95. The Morgan fingerprint density at radius 2 is 2.27 bits per heavy atom. The van der Waals surface area contributed by atoms with Crippen LogP contribution in [0.2, 0.25) is 0 Å². The molecule has 0 radical (unpaired) electrons. The van der Waals surface area contributed by atoms with Crippen molar-refractivity contribution in [3.05, 3.63) is 0 Å². The summed E-state index contributed by atoms with van der Waals surface area (Å²) in [5, 5.41) is 4.15. The fraction of sp³-hybridized carbons (Fsp3) is 0.909. The molecule has 0 unspecified atom stereocenters. The smallest absolute Gasteiger partial charge is 0.168 e. The Hall–Kier alpha value is -0.350. The molecule has 0 saturated heterocycles. The van der Waals surface area contributed by atoms with E-state index in [-0.39, 0.29) is 0 Å². The van der Waals surface area contributed by atoms with Crippen LogP contribution in [-0.4, -0.2) is 42.9 Å². The second-order valence-electron chi connectivity index (χ2n) is 3.98. The van der Waals surface area contributed by atoms with Crippen LogP contribution in [0.25, 0.3) is 0 Å². The zero-order valence-electron chi connectivity index (χ0n) is 9.79. The fourth-order valence-electron chi connectivity index (χ4n) is 1.58. The highest BCUT2D eigenvalue weighted by Gasteiger charge is 2.23. The van der Waals surface area contributed by atoms with Crippen LogP contribution >= 0.6 is 12.2 Å². The van der Waals surface area contributed by atoms with Crippen LogP contribution in [0.15, 0.2) is 0 Å². The van der Waals surface area contributed by atoms with E-state index < -0.39 is 0 Å². The Labute approximate surface area is 98.2 Å². The average molecular weight is 230 g/mol. The van der Waals surface area contributed by atoms with Gasteiger partial charge in [-0.25, -0.2) is 0 Å². The quantitative estimate of drug-likeness (QED) is 0.555. The van der Waals surface area contributed by atoms with E-state index in [0.29, 0.717) is 6.04 Å². The lowest BCUT2D eigenvalue weighted by Crippen LogP contribution is -2.46. The van der Waals surface area contributed by atoms with E-state index in [2.05, 4.69) is 17.3 Å². The third-order valence-corrected chi connectivity index (χ3v) is 3.32. The summed E-state index contributed by atoms with van der Waals surface area (Å²) < 4.78 is 5.26. The van der Waals surface area contributed by atoms with Crippen LogP contribution in [0.5, 0.6) is 0 Å². The topological polar surface area (TPSA) is 24.5 Å². The van der Waals surface area contributed by atoms with E-state index in [9.17, 15) is 0 Å². The molecule has 1 aliphatic rings. The van der Waals surface area contributed by atoms with Crippen molar-refractivity contribution >= 4 is 17.3 Å². The molecule has 0 aromatic rings. The number of thiocarbonyl (C=S) groups is 1. The maximum atomic E-state index is 5.31. The first kappa shape index (κ1) is 12.7. The Balaban J connectivity index is 2.02. The van der Waals surface area contributed by atoms with E-state index >= 15 is 0 Å². The lowest BCUT2D eigenvalue weighted by molar-refractivity contribution is 0.145. The monoisotopic (exact) mass is 230 g/mol. The summed E-state index contributed by atoms with van der Waals surface area (Å²) in [7, 11) is 2.09. The maximum Gasteiger partial charge on any atom is 0.168 e. The van der Waals surface area contributed by atoms with Crippen molar-refractivity contribution in [2.24, 2.45) is 0 Å². The molecule has 0 bridgehead atoms. The highest BCUT2D eigenvalue weighted by molar-refractivity contribution is 7.80. The Kier molecular flexibility index (Phi) is 5.95. The third-order valence-electron chi connectivity index (χ3n) is 2.89. The first-order valence-corrected chi connectivity index (χ1v) is 6.25. The van der Waals surface area contributed by atoms with Gasteiger partial charge < -0.3 is 15.0 Å². The Bertz CT molecular complexity index is 195. The zero-order valence-corrected chi connectivity index (χ0v) is 10.6. The summed E-state index contributed by atoms with van der Waals surface area (Å²) in [6, 6.07) is 0.678. The van der Waals surface area contributed by atoms with Gasteiger partial charge in [0, 0.05) is 32.8 Å². The molecule has 15 heavy (non-hydrogen) atoms. The Morgan fingerprint density at radius 1 is 1.53 bits per heavy atom. The molecule has 1 saturated carbocycles. The van der Waals surface area contributed by atoms with Crippen molar-refractivity contribution in [3.8, 4) is 0 Å². The summed E-state index contributed by atoms with van der Waals surface area (Å²) >= 11 is 5.31. The van der Waals surface area contributed by atoms with Crippen LogP contribution < -0.4 is 5.32 Å². The molecule has 1 aliphatic carbocycles. The summed E-state index contributed by atoms with van der Waals surface area (Å²) in [5.41, 5.74) is 0. The normalized spacial score (nSPS) is 15.9. The molecule has 0 aliphatic heterocycles. The van der Waals surface area contributed by atoms with Gasteiger partial charge in [0.2, 0.25) is 0 Å². The van der Waals surface area contributed by atoms with Gasteiger partial charge in [0.05, 0.1) is 0 Å². The van der Waals surface area contributed by atoms with E-state index in [1.54, 1.807) is 0 Å². The number of hydrogen-bond donors (Lipinski definition) is 1. The Morgan fingerprint density at radius 3 is 2.80 bits per heavy atom. The summed E-state index contributed by atoms with van der Waals surface area (Å²) in [4.78, 5) is 2.19. The molecule has 88 valence electrons. The van der Waals surface area contributed by atoms with Gasteiger partial charge in [0.1, 0.15) is 0 Å². The maximum absolute atomic E-state index is 5.31. The third kappa shape index (κ3) is 4.34. The van der Waals surface area contributed by atoms with Crippen LogP contribution in [0, 0.1) is 0 Å². The van der Waals surface area contributed by atoms with Crippen molar-refractivity contribution in [1.82, 2.24) is 10.2 Å². The minimum atomic E-state index is 0.678. The highest BCUT2D eigenvalue weighted by Crippen LogP contribution is 2.23. The first-order valence-electron chi connectivity index (χ1n) is 5.84. The average Bonchev–Trinajstić information content (AvgIpc) is 2.14. The molecule has 0 atom stereocenters. The predicted octanol–water partition coefficient (Wildman–Crippen LogP) is 1.77. The molecule has 0 amide bonds. The van der Waals surface area contributed by atoms with Gasteiger partial charge in [-0.05, 0) is 44.8 Å². The van der Waals surface area contributed by atoms with Gasteiger partial charge in [-0.3, -0.25) is 0 Å². The standard InChI is InChI=1S/C11H22N2OS/c1-3-14-9-5-8-12-11(15)13(2)10-6-4-7-10/h10H,3-9H2,1-2H3,(H,12,15). The van der Waals surface area contributed by atoms with E-state index in [1.807, 2.05) is 6.92 Å². The molecule has 4 heteroatoms. The largest absolute Gasteiger partial charge is 0.382 e. The van der Waals surface area contributed by atoms with E-state index in [4.69, 9.17) is 17.0 Å². The van der Waals surface area contributed by atoms with Crippen molar-refractivity contribution < 1.29 is 4.74 Å². The van der Waals surface area contributed by atoms with Gasteiger partial charge in [-0.15, -0.1) is 0 Å². The zero-order chi connectivity index (χ0) is 11.1. The molecule has 1 fully saturated rings. The molecule has 1 rings (SSSR count). The SMILES string of the molecule is CCOCCCNC(=S)N(C)C1CCC1. The predicted molar refractivity (Wildman–Crippen MR) is 67.1 cm³/mol. The number of nitrogens with zero attached hydrogens (tertiary/aromatic N) is 1. The van der Waals surface area contributed by atoms with Crippen LogP contribution in [0.1, 0.15) is 32.6 Å². The van der Waals surface area contributed by atoms with Crippen molar-refractivity contribution in [3.63, 3.8) is 0 Å². The number of hydrogen-bond acceptors (Lipinski definition) is 2. The molecule has 3 nitrogen and oxygen atoms in total. The molecule has 0 heterocycles. The van der Waals surface area contributed by atoms with E-state index in [1.165, 1.54) is 19.3 Å². The van der Waals surface area contributed by atoms with Crippen LogP contribution in [0.3, 0.4) is 0 Å². The van der Waals surface area contributed by atoms with Crippen LogP contribution in [0.4, 0.5) is 0 Å². The molecule has 1 N–H and O–H groups in total. The van der Waals surface area contributed by atoms with Gasteiger partial charge in [0.25, 0.3) is 0 Å². The minimum absolute atomic E-state index is 0.678. The molecular weight excluding hydrogens is 208 g/mol. The number of ether oxygens (including phenoxy) is 1. The second-order valence-corrected chi connectivity index (χ2v) is 4.36. The lowest BCUT2D eigenvalue weighted by Gasteiger charge is -2.36. The first-order chi connectivity index (χ1) is 7.25. The molecule has 0 aromatic heterocycles. The molecule has 0 spiro atoms. The van der Waals surface area contributed by atoms with Crippen molar-refractivity contribution in [2.75, 3.05) is 26.8 Å². The second kappa shape index (κ2) is 7.01. The number of rotatable bonds is 6. The summed E-state index contributed by atoms with van der Waals surface area (Å²) in [6.45, 7) is 4.55. The van der Waals surface area contributed by atoms with Gasteiger partial charge in [-0.1, -0.05) is 0 Å². The fourth-order valence-corrected chi connectivity index (χ4v) is 1.83. The van der Waals surface area contributed by atoms with Crippen molar-refractivity contribution in [1.29, 1.82) is 0 Å². The van der Waals surface area contributed by atoms with Gasteiger partial charge >= 0.3 is 0 Å². The number of nitrogens with one attached hydrogen (secondary N) is 1. The molecular formula is C11H22N2OS. The molecule has 0 aromatic carbocycles. The van der Waals surface area contributed by atoms with Crippen molar-refractivity contribution in [2.45, 2.75) is 38.6 Å². The van der Waals surface area contributed by atoms with Crippen LogP contribution in [-0.2, 0) is 4.74 Å². The lowest BCUT2D eigenvalue weighted by atomic mass is 9.92. The van der Waals surface area contributed by atoms with E-state index in [0.717, 1.165) is 31.3 Å².